The molecule has 7 nitrogen and oxygen atoms in total. The van der Waals surface area contributed by atoms with Crippen molar-refractivity contribution in [3.05, 3.63) is 64.6 Å². The van der Waals surface area contributed by atoms with Crippen molar-refractivity contribution in [2.45, 2.75) is 17.1 Å². The number of thioether (sulfide) groups is 1. The highest BCUT2D eigenvalue weighted by Crippen LogP contribution is 2.50. The van der Waals surface area contributed by atoms with Crippen LogP contribution in [0.1, 0.15) is 11.6 Å². The van der Waals surface area contributed by atoms with Gasteiger partial charge in [-0.15, -0.1) is 11.8 Å². The normalized spacial score (nSPS) is 17.5. The number of aromatic nitrogens is 2. The molecule has 3 heterocycles. The number of methoxy groups -OCH3 is 1. The van der Waals surface area contributed by atoms with Gasteiger partial charge in [0.05, 0.1) is 23.7 Å². The van der Waals surface area contributed by atoms with Gasteiger partial charge in [0.15, 0.2) is 0 Å². The maximum absolute atomic E-state index is 15.0. The van der Waals surface area contributed by atoms with Gasteiger partial charge in [0.25, 0.3) is 0 Å². The average Bonchev–Trinajstić information content (AvgIpc) is 2.90. The van der Waals surface area contributed by atoms with Crippen molar-refractivity contribution in [3.63, 3.8) is 0 Å². The van der Waals surface area contributed by atoms with Gasteiger partial charge in [-0.2, -0.15) is 18.2 Å². The number of rotatable bonds is 5. The summed E-state index contributed by atoms with van der Waals surface area (Å²) in [5.74, 6) is -2.13. The first-order valence-electron chi connectivity index (χ1n) is 12.0. The molecule has 2 aromatic carbocycles. The van der Waals surface area contributed by atoms with Gasteiger partial charge < -0.3 is 14.5 Å². The van der Waals surface area contributed by atoms with Crippen molar-refractivity contribution in [3.8, 4) is 11.1 Å². The third-order valence-electron chi connectivity index (χ3n) is 6.86. The van der Waals surface area contributed by atoms with Gasteiger partial charge >= 0.3 is 11.9 Å². The molecule has 0 saturated carbocycles. The number of halogens is 5. The second kappa shape index (κ2) is 10.3. The number of amides is 1. The van der Waals surface area contributed by atoms with Crippen LogP contribution >= 0.6 is 11.8 Å². The van der Waals surface area contributed by atoms with Gasteiger partial charge in [-0.3, -0.25) is 9.36 Å². The summed E-state index contributed by atoms with van der Waals surface area (Å²) in [6.07, 6.45) is -3.72. The summed E-state index contributed by atoms with van der Waals surface area (Å²) in [5, 5.41) is 0.0694. The zero-order chi connectivity index (χ0) is 28.1. The van der Waals surface area contributed by atoms with Gasteiger partial charge in [-0.25, -0.2) is 13.6 Å². The second-order valence-electron chi connectivity index (χ2n) is 9.17. The number of carbonyl (C=O) groups is 1. The number of alkyl halides is 3. The van der Waals surface area contributed by atoms with Gasteiger partial charge in [-0.1, -0.05) is 6.58 Å². The number of hydrogen-bond acceptors (Lipinski definition) is 6. The first-order valence-corrected chi connectivity index (χ1v) is 13.0. The van der Waals surface area contributed by atoms with E-state index in [1.54, 1.807) is 9.80 Å². The van der Waals surface area contributed by atoms with Crippen LogP contribution in [0.4, 0.5) is 27.8 Å². The van der Waals surface area contributed by atoms with Crippen LogP contribution in [0.3, 0.4) is 0 Å². The number of benzene rings is 2. The first-order chi connectivity index (χ1) is 18.5. The summed E-state index contributed by atoms with van der Waals surface area (Å²) >= 11 is 1.05. The van der Waals surface area contributed by atoms with Crippen molar-refractivity contribution in [1.82, 2.24) is 14.5 Å². The quantitative estimate of drug-likeness (QED) is 0.335. The van der Waals surface area contributed by atoms with E-state index >= 15 is 0 Å². The molecule has 1 saturated heterocycles. The first kappa shape index (κ1) is 27.1. The van der Waals surface area contributed by atoms with Crippen molar-refractivity contribution < 1.29 is 31.5 Å². The molecule has 0 aliphatic carbocycles. The number of piperazine rings is 1. The Morgan fingerprint density at radius 2 is 1.92 bits per heavy atom. The third-order valence-corrected chi connectivity index (χ3v) is 8.10. The lowest BCUT2D eigenvalue weighted by atomic mass is 9.95. The lowest BCUT2D eigenvalue weighted by Gasteiger charge is -2.36. The monoisotopic (exact) mass is 566 g/mol. The molecule has 1 atom stereocenters. The zero-order valence-corrected chi connectivity index (χ0v) is 21.5. The maximum Gasteiger partial charge on any atom is 0.417 e. The highest BCUT2D eigenvalue weighted by molar-refractivity contribution is 7.99. The molecule has 1 fully saturated rings. The van der Waals surface area contributed by atoms with E-state index in [4.69, 9.17) is 4.74 Å². The van der Waals surface area contributed by atoms with Gasteiger partial charge in [0.1, 0.15) is 17.5 Å². The Kier molecular flexibility index (Phi) is 7.14. The van der Waals surface area contributed by atoms with E-state index in [0.29, 0.717) is 6.07 Å². The number of carbonyl (C=O) groups excluding carboxylic acids is 1. The highest BCUT2D eigenvalue weighted by Gasteiger charge is 2.40. The number of ether oxygens (including phenoxy) is 1. The average molecular weight is 567 g/mol. The fourth-order valence-electron chi connectivity index (χ4n) is 5.10. The van der Waals surface area contributed by atoms with Crippen LogP contribution in [-0.4, -0.2) is 66.0 Å². The molecule has 1 amide bonds. The summed E-state index contributed by atoms with van der Waals surface area (Å²) < 4.78 is 78.9. The summed E-state index contributed by atoms with van der Waals surface area (Å²) in [6.45, 7) is 4.55. The van der Waals surface area contributed by atoms with E-state index in [1.807, 2.05) is 0 Å². The summed E-state index contributed by atoms with van der Waals surface area (Å²) in [6, 6.07) is 2.74. The predicted octanol–water partition coefficient (Wildman–Crippen LogP) is 4.49. The number of nitrogens with zero attached hydrogens (tertiary/aromatic N) is 4. The van der Waals surface area contributed by atoms with Crippen molar-refractivity contribution >= 4 is 34.4 Å². The molecule has 2 aliphatic rings. The third kappa shape index (κ3) is 4.78. The molecule has 2 aliphatic heterocycles. The predicted molar refractivity (Wildman–Crippen MR) is 137 cm³/mol. The summed E-state index contributed by atoms with van der Waals surface area (Å²) in [4.78, 5) is 32.9. The zero-order valence-electron chi connectivity index (χ0n) is 20.7. The number of hydrogen-bond donors (Lipinski definition) is 0. The molecule has 0 bridgehead atoms. The molecule has 5 rings (SSSR count). The standard InChI is InChI=1S/C26H23F5N4O3S/c1-3-20(36)33-6-8-34(9-7-33)24-17-11-18(26(29,30)31)21(16-5-4-14(27)10-19(16)28)23-22(17)35(25(37)32-24)15(12-38-2)13-39-23/h3-5,10-11,15H,1,6-9,12-13H2,2H3/t15-/m0/s1. The fraction of sp³-hybridized carbons (Fsp3) is 0.346. The van der Waals surface area contributed by atoms with E-state index in [1.165, 1.54) is 17.8 Å². The van der Waals surface area contributed by atoms with Crippen molar-refractivity contribution in [2.75, 3.05) is 50.5 Å². The largest absolute Gasteiger partial charge is 0.417 e. The van der Waals surface area contributed by atoms with Crippen LogP contribution in [-0.2, 0) is 15.7 Å². The molecule has 13 heteroatoms. The Balaban J connectivity index is 1.81. The minimum absolute atomic E-state index is 0.0495. The minimum atomic E-state index is -4.90. The van der Waals surface area contributed by atoms with E-state index in [-0.39, 0.29) is 66.1 Å². The SMILES string of the molecule is C=CC(=O)N1CCN(c2nc(=O)n3c4c(c(-c5ccc(F)cc5F)c(C(F)(F)F)cc24)SC[C@@H]3COC)CC1. The Morgan fingerprint density at radius 3 is 2.54 bits per heavy atom. The Bertz CT molecular complexity index is 1530. The molecular formula is C26H23F5N4O3S. The van der Waals surface area contributed by atoms with Crippen LogP contribution in [0, 0.1) is 11.6 Å². The minimum Gasteiger partial charge on any atom is -0.383 e. The van der Waals surface area contributed by atoms with Crippen LogP contribution in [0.5, 0.6) is 0 Å². The fourth-order valence-corrected chi connectivity index (χ4v) is 6.41. The van der Waals surface area contributed by atoms with Crippen molar-refractivity contribution in [1.29, 1.82) is 0 Å². The molecule has 3 aromatic rings. The van der Waals surface area contributed by atoms with Crippen molar-refractivity contribution in [2.24, 2.45) is 0 Å². The molecular weight excluding hydrogens is 543 g/mol. The highest BCUT2D eigenvalue weighted by atomic mass is 32.2. The lowest BCUT2D eigenvalue weighted by Crippen LogP contribution is -2.49. The van der Waals surface area contributed by atoms with E-state index in [0.717, 1.165) is 30.0 Å². The molecule has 0 radical (unpaired) electrons. The summed E-state index contributed by atoms with van der Waals surface area (Å²) in [5.41, 5.74) is -2.51. The Labute approximate surface area is 223 Å². The summed E-state index contributed by atoms with van der Waals surface area (Å²) in [7, 11) is 1.44. The molecule has 1 aromatic heterocycles. The van der Waals surface area contributed by atoms with Crippen LogP contribution in [0.15, 0.2) is 46.6 Å². The van der Waals surface area contributed by atoms with E-state index < -0.39 is 46.2 Å². The topological polar surface area (TPSA) is 67.7 Å². The molecule has 0 N–H and O–H groups in total. The van der Waals surface area contributed by atoms with E-state index in [9.17, 15) is 31.5 Å². The Morgan fingerprint density at radius 1 is 1.21 bits per heavy atom. The van der Waals surface area contributed by atoms with Gasteiger partial charge in [-0.05, 0) is 24.3 Å². The molecule has 0 spiro atoms. The maximum atomic E-state index is 15.0. The Hall–Kier alpha value is -3.45. The number of anilines is 1. The van der Waals surface area contributed by atoms with Gasteiger partial charge in [0, 0.05) is 66.5 Å². The van der Waals surface area contributed by atoms with Gasteiger partial charge in [0.2, 0.25) is 5.91 Å². The van der Waals surface area contributed by atoms with Crippen LogP contribution in [0.2, 0.25) is 0 Å². The molecule has 206 valence electrons. The smallest absolute Gasteiger partial charge is 0.383 e. The van der Waals surface area contributed by atoms with E-state index in [2.05, 4.69) is 11.6 Å². The molecule has 39 heavy (non-hydrogen) atoms. The van der Waals surface area contributed by atoms with Crippen LogP contribution in [0.25, 0.3) is 22.0 Å². The lowest BCUT2D eigenvalue weighted by molar-refractivity contribution is -0.137. The second-order valence-corrected chi connectivity index (χ2v) is 10.2. The molecule has 0 unspecified atom stereocenters. The van der Waals surface area contributed by atoms with Crippen LogP contribution < -0.4 is 10.6 Å².